The molecule has 0 spiro atoms. The van der Waals surface area contributed by atoms with Crippen LogP contribution in [0.15, 0.2) is 9.59 Å². The highest BCUT2D eigenvalue weighted by Gasteiger charge is 2.16. The highest BCUT2D eigenvalue weighted by molar-refractivity contribution is 5.85. The second kappa shape index (κ2) is 9.77. The molecule has 0 aromatic carbocycles. The molecular formula is C17H32ClN5O2. The van der Waals surface area contributed by atoms with Gasteiger partial charge in [0.25, 0.3) is 5.56 Å². The molecule has 8 heteroatoms. The first-order valence-electron chi connectivity index (χ1n) is 8.50. The lowest BCUT2D eigenvalue weighted by Crippen LogP contribution is -2.37. The molecule has 0 aliphatic carbocycles. The quantitative estimate of drug-likeness (QED) is 0.889. The van der Waals surface area contributed by atoms with E-state index in [4.69, 9.17) is 0 Å². The molecule has 0 amide bonds. The molecule has 2 aromatic rings. The van der Waals surface area contributed by atoms with E-state index in [1.807, 2.05) is 18.4 Å². The molecule has 144 valence electrons. The lowest BCUT2D eigenvalue weighted by molar-refractivity contribution is 0.518. The maximum Gasteiger partial charge on any atom is 0.332 e. The summed E-state index contributed by atoms with van der Waals surface area (Å²) in [5.41, 5.74) is 0.346. The minimum Gasteiger partial charge on any atom is -0.322 e. The van der Waals surface area contributed by atoms with Gasteiger partial charge in [-0.2, -0.15) is 0 Å². The largest absolute Gasteiger partial charge is 0.332 e. The van der Waals surface area contributed by atoms with Crippen molar-refractivity contribution < 1.29 is 0 Å². The van der Waals surface area contributed by atoms with Crippen molar-refractivity contribution >= 4 is 23.6 Å². The Morgan fingerprint density at radius 2 is 1.56 bits per heavy atom. The van der Waals surface area contributed by atoms with Crippen molar-refractivity contribution in [3.63, 3.8) is 0 Å². The van der Waals surface area contributed by atoms with Crippen LogP contribution < -0.4 is 16.6 Å². The van der Waals surface area contributed by atoms with E-state index >= 15 is 0 Å². The van der Waals surface area contributed by atoms with Crippen molar-refractivity contribution in [3.05, 3.63) is 26.7 Å². The van der Waals surface area contributed by atoms with Gasteiger partial charge in [-0.15, -0.1) is 12.4 Å². The third kappa shape index (κ3) is 5.44. The number of nitrogens with one attached hydrogen (secondary N) is 1. The summed E-state index contributed by atoms with van der Waals surface area (Å²) in [6, 6.07) is 1.25. The number of aromatic nitrogens is 4. The van der Waals surface area contributed by atoms with Crippen LogP contribution in [0.4, 0.5) is 0 Å². The van der Waals surface area contributed by atoms with E-state index < -0.39 is 0 Å². The van der Waals surface area contributed by atoms with Gasteiger partial charge in [0.05, 0.1) is 0 Å². The van der Waals surface area contributed by atoms with Gasteiger partial charge in [-0.05, 0) is 13.3 Å². The van der Waals surface area contributed by atoms with Gasteiger partial charge in [-0.25, -0.2) is 9.78 Å². The fourth-order valence-corrected chi connectivity index (χ4v) is 2.72. The van der Waals surface area contributed by atoms with E-state index in [0.29, 0.717) is 23.2 Å². The van der Waals surface area contributed by atoms with Gasteiger partial charge in [-0.3, -0.25) is 13.9 Å². The minimum absolute atomic E-state index is 0. The van der Waals surface area contributed by atoms with Gasteiger partial charge in [0.1, 0.15) is 5.82 Å². The molecule has 0 aliphatic rings. The average Bonchev–Trinajstić information content (AvgIpc) is 2.80. The molecule has 0 unspecified atom stereocenters. The second-order valence-electron chi connectivity index (χ2n) is 6.66. The summed E-state index contributed by atoms with van der Waals surface area (Å²) in [6.45, 7) is 13.2. The third-order valence-corrected chi connectivity index (χ3v) is 3.65. The molecular weight excluding hydrogens is 342 g/mol. The second-order valence-corrected chi connectivity index (χ2v) is 6.66. The van der Waals surface area contributed by atoms with Crippen LogP contribution in [0, 0.1) is 6.92 Å². The van der Waals surface area contributed by atoms with Crippen molar-refractivity contribution in [2.45, 2.75) is 66.6 Å². The standard InChI is InChI=1S/C11H16N4O2.C6H15N.ClH/c1-5-6-15-7(2)12-9-8(15)10(16)14(4)11(17)13(9)3;1-5(2)7-6(3)4;/h5-6H2,1-4H3;5-7H,1-4H3;1H. The van der Waals surface area contributed by atoms with E-state index in [-0.39, 0.29) is 23.7 Å². The lowest BCUT2D eigenvalue weighted by atomic mass is 10.3. The molecule has 0 saturated carbocycles. The average molecular weight is 374 g/mol. The number of rotatable bonds is 4. The molecule has 2 rings (SSSR count). The van der Waals surface area contributed by atoms with Crippen molar-refractivity contribution in [1.29, 1.82) is 0 Å². The molecule has 7 nitrogen and oxygen atoms in total. The number of halogens is 1. The summed E-state index contributed by atoms with van der Waals surface area (Å²) < 4.78 is 4.41. The lowest BCUT2D eigenvalue weighted by Gasteiger charge is -2.10. The zero-order valence-electron chi connectivity index (χ0n) is 16.6. The molecule has 0 aliphatic heterocycles. The molecule has 25 heavy (non-hydrogen) atoms. The third-order valence-electron chi connectivity index (χ3n) is 3.65. The predicted octanol–water partition coefficient (Wildman–Crippen LogP) is 1.97. The number of hydrogen-bond donors (Lipinski definition) is 1. The van der Waals surface area contributed by atoms with Gasteiger partial charge < -0.3 is 9.88 Å². The van der Waals surface area contributed by atoms with Crippen LogP contribution in [0.2, 0.25) is 0 Å². The Bertz CT molecular complexity index is 796. The van der Waals surface area contributed by atoms with Gasteiger partial charge in [0.2, 0.25) is 0 Å². The van der Waals surface area contributed by atoms with E-state index in [2.05, 4.69) is 38.0 Å². The first kappa shape index (κ1) is 23.4. The molecule has 0 radical (unpaired) electrons. The van der Waals surface area contributed by atoms with E-state index in [0.717, 1.165) is 23.4 Å². The van der Waals surface area contributed by atoms with Crippen LogP contribution in [0.25, 0.3) is 11.2 Å². The maximum atomic E-state index is 12.1. The SMILES string of the molecule is CC(C)NC(C)C.CCCn1c(C)nc2c1c(=O)n(C)c(=O)n2C.Cl. The van der Waals surface area contributed by atoms with Crippen molar-refractivity contribution in [2.24, 2.45) is 14.1 Å². The Morgan fingerprint density at radius 3 is 1.96 bits per heavy atom. The zero-order chi connectivity index (χ0) is 18.6. The van der Waals surface area contributed by atoms with E-state index in [1.54, 1.807) is 7.05 Å². The summed E-state index contributed by atoms with van der Waals surface area (Å²) in [5, 5.41) is 3.31. The fourth-order valence-electron chi connectivity index (χ4n) is 2.72. The molecule has 2 aromatic heterocycles. The molecule has 0 saturated heterocycles. The summed E-state index contributed by atoms with van der Waals surface area (Å²) in [4.78, 5) is 28.2. The van der Waals surface area contributed by atoms with Crippen LogP contribution in [0.5, 0.6) is 0 Å². The Morgan fingerprint density at radius 1 is 1.04 bits per heavy atom. The smallest absolute Gasteiger partial charge is 0.322 e. The van der Waals surface area contributed by atoms with Gasteiger partial charge in [0, 0.05) is 32.7 Å². The Hall–Kier alpha value is -1.60. The fraction of sp³-hybridized carbons (Fsp3) is 0.706. The summed E-state index contributed by atoms with van der Waals surface area (Å²) in [6.07, 6.45) is 0.915. The van der Waals surface area contributed by atoms with Crippen molar-refractivity contribution in [2.75, 3.05) is 0 Å². The Kier molecular flexibility index (Phi) is 9.15. The zero-order valence-corrected chi connectivity index (χ0v) is 17.4. The maximum absolute atomic E-state index is 12.1. The van der Waals surface area contributed by atoms with Gasteiger partial charge in [-0.1, -0.05) is 34.6 Å². The predicted molar refractivity (Wildman–Crippen MR) is 106 cm³/mol. The van der Waals surface area contributed by atoms with Crippen LogP contribution in [-0.4, -0.2) is 30.8 Å². The molecule has 2 heterocycles. The number of hydrogen-bond acceptors (Lipinski definition) is 4. The Balaban J connectivity index is 0.000000620. The van der Waals surface area contributed by atoms with Crippen molar-refractivity contribution in [3.8, 4) is 0 Å². The summed E-state index contributed by atoms with van der Waals surface area (Å²) in [7, 11) is 3.12. The van der Waals surface area contributed by atoms with Crippen LogP contribution >= 0.6 is 12.4 Å². The molecule has 0 fully saturated rings. The van der Waals surface area contributed by atoms with Gasteiger partial charge in [0.15, 0.2) is 11.2 Å². The van der Waals surface area contributed by atoms with Crippen LogP contribution in [-0.2, 0) is 20.6 Å². The topological polar surface area (TPSA) is 73.8 Å². The number of aryl methyl sites for hydroxylation is 3. The van der Waals surface area contributed by atoms with Crippen LogP contribution in [0.1, 0.15) is 46.9 Å². The number of fused-ring (bicyclic) bond motifs is 1. The monoisotopic (exact) mass is 373 g/mol. The minimum atomic E-state index is -0.344. The van der Waals surface area contributed by atoms with E-state index in [9.17, 15) is 9.59 Å². The number of nitrogens with zero attached hydrogens (tertiary/aromatic N) is 4. The molecule has 0 bridgehead atoms. The normalized spacial score (nSPS) is 10.8. The number of imidazole rings is 1. The first-order valence-corrected chi connectivity index (χ1v) is 8.50. The summed E-state index contributed by atoms with van der Waals surface area (Å²) in [5.74, 6) is 0.764. The van der Waals surface area contributed by atoms with Gasteiger partial charge >= 0.3 is 5.69 Å². The molecule has 1 N–H and O–H groups in total. The van der Waals surface area contributed by atoms with E-state index in [1.165, 1.54) is 11.6 Å². The van der Waals surface area contributed by atoms with Crippen molar-refractivity contribution in [1.82, 2.24) is 24.0 Å². The Labute approximate surface area is 155 Å². The highest BCUT2D eigenvalue weighted by atomic mass is 35.5. The van der Waals surface area contributed by atoms with Crippen LogP contribution in [0.3, 0.4) is 0 Å². The summed E-state index contributed by atoms with van der Waals surface area (Å²) >= 11 is 0. The molecule has 0 atom stereocenters. The highest BCUT2D eigenvalue weighted by Crippen LogP contribution is 2.10. The first-order chi connectivity index (χ1) is 11.1.